The summed E-state index contributed by atoms with van der Waals surface area (Å²) in [5.41, 5.74) is 0.130. The van der Waals surface area contributed by atoms with Crippen molar-refractivity contribution in [2.45, 2.75) is 47.1 Å². The van der Waals surface area contributed by atoms with E-state index in [2.05, 4.69) is 20.5 Å². The maximum Gasteiger partial charge on any atom is 0.348 e. The van der Waals surface area contributed by atoms with Crippen molar-refractivity contribution >= 4 is 49.9 Å². The first-order chi connectivity index (χ1) is 14.2. The van der Waals surface area contributed by atoms with Crippen LogP contribution in [0.4, 0.5) is 5.13 Å². The second-order valence-corrected chi connectivity index (χ2v) is 9.27. The number of carbonyl (C=O) groups excluding carboxylic acids is 2. The summed E-state index contributed by atoms with van der Waals surface area (Å²) in [5.74, 6) is -0.662. The van der Waals surface area contributed by atoms with Crippen LogP contribution in [0.5, 0.6) is 0 Å². The molecule has 11 heteroatoms. The zero-order valence-corrected chi connectivity index (χ0v) is 19.0. The molecule has 0 saturated carbocycles. The van der Waals surface area contributed by atoms with Crippen LogP contribution >= 0.6 is 22.7 Å². The molecule has 160 valence electrons. The number of aromatic nitrogens is 4. The van der Waals surface area contributed by atoms with Crippen molar-refractivity contribution in [2.24, 2.45) is 5.92 Å². The number of nitrogens with one attached hydrogen (secondary N) is 1. The number of hydrogen-bond donors (Lipinski definition) is 1. The molecule has 1 atom stereocenters. The van der Waals surface area contributed by atoms with Crippen LogP contribution < -0.4 is 10.9 Å². The summed E-state index contributed by atoms with van der Waals surface area (Å²) in [6.07, 6.45) is 2.05. The minimum atomic E-state index is -0.820. The Morgan fingerprint density at radius 3 is 2.60 bits per heavy atom. The molecule has 0 fully saturated rings. The Morgan fingerprint density at radius 1 is 1.23 bits per heavy atom. The number of anilines is 1. The van der Waals surface area contributed by atoms with Gasteiger partial charge in [-0.05, 0) is 31.7 Å². The van der Waals surface area contributed by atoms with Gasteiger partial charge in [-0.2, -0.15) is 0 Å². The minimum Gasteiger partial charge on any atom is -0.461 e. The van der Waals surface area contributed by atoms with Gasteiger partial charge in [0.15, 0.2) is 0 Å². The van der Waals surface area contributed by atoms with E-state index in [1.807, 2.05) is 20.8 Å². The third-order valence-corrected chi connectivity index (χ3v) is 6.57. The van der Waals surface area contributed by atoms with Crippen LogP contribution in [0.15, 0.2) is 11.1 Å². The van der Waals surface area contributed by atoms with E-state index in [0.717, 1.165) is 22.8 Å². The molecule has 0 aliphatic carbocycles. The van der Waals surface area contributed by atoms with Gasteiger partial charge in [0.05, 0.1) is 18.3 Å². The second-order valence-electron chi connectivity index (χ2n) is 7.21. The van der Waals surface area contributed by atoms with Crippen molar-refractivity contribution in [1.29, 1.82) is 0 Å². The first-order valence-corrected chi connectivity index (χ1v) is 11.2. The monoisotopic (exact) mass is 449 g/mol. The molecule has 0 saturated heterocycles. The number of fused-ring (bicyclic) bond motifs is 1. The van der Waals surface area contributed by atoms with Gasteiger partial charge in [0.2, 0.25) is 11.0 Å². The largest absolute Gasteiger partial charge is 0.461 e. The molecule has 0 spiro atoms. The number of hydrogen-bond acceptors (Lipinski definition) is 9. The zero-order valence-electron chi connectivity index (χ0n) is 17.4. The lowest BCUT2D eigenvalue weighted by Gasteiger charge is -2.13. The smallest absolute Gasteiger partial charge is 0.348 e. The van der Waals surface area contributed by atoms with Crippen molar-refractivity contribution in [1.82, 2.24) is 19.7 Å². The van der Waals surface area contributed by atoms with Crippen LogP contribution in [-0.4, -0.2) is 38.2 Å². The molecule has 3 rings (SSSR count). The van der Waals surface area contributed by atoms with E-state index in [4.69, 9.17) is 4.74 Å². The van der Waals surface area contributed by atoms with Crippen LogP contribution in [-0.2, 0) is 16.0 Å². The minimum absolute atomic E-state index is 0.208. The molecule has 1 amide bonds. The van der Waals surface area contributed by atoms with Crippen LogP contribution in [0.3, 0.4) is 0 Å². The molecule has 0 aliphatic heterocycles. The summed E-state index contributed by atoms with van der Waals surface area (Å²) in [6, 6.07) is -0.820. The number of nitrogens with zero attached hydrogens (tertiary/aromatic N) is 4. The molecule has 0 aliphatic rings. The Hall–Kier alpha value is -2.66. The predicted molar refractivity (Wildman–Crippen MR) is 116 cm³/mol. The Kier molecular flexibility index (Phi) is 6.61. The first-order valence-electron chi connectivity index (χ1n) is 9.53. The molecule has 1 unspecified atom stereocenters. The van der Waals surface area contributed by atoms with Crippen LogP contribution in [0.25, 0.3) is 10.2 Å². The molecule has 0 aromatic carbocycles. The summed E-state index contributed by atoms with van der Waals surface area (Å²) in [6.45, 7) is 9.44. The SMILES string of the molecule is CCc1nnc(NC(=O)C(C)n2cnc3sc(C(=O)OCC(C)C)c(C)c3c2=O)s1. The molecule has 3 aromatic rings. The lowest BCUT2D eigenvalue weighted by molar-refractivity contribution is -0.118. The van der Waals surface area contributed by atoms with Crippen LogP contribution in [0, 0.1) is 12.8 Å². The summed E-state index contributed by atoms with van der Waals surface area (Å²) < 4.78 is 6.54. The van der Waals surface area contributed by atoms with E-state index in [0.29, 0.717) is 32.4 Å². The molecule has 3 aromatic heterocycles. The molecular formula is C19H23N5O4S2. The van der Waals surface area contributed by atoms with E-state index < -0.39 is 17.9 Å². The third-order valence-electron chi connectivity index (χ3n) is 4.41. The van der Waals surface area contributed by atoms with Gasteiger partial charge in [0.25, 0.3) is 5.56 Å². The third kappa shape index (κ3) is 4.41. The highest BCUT2D eigenvalue weighted by Crippen LogP contribution is 2.28. The standard InChI is InChI=1S/C19H23N5O4S2/c1-6-12-22-23-19(29-12)21-15(25)11(5)24-8-20-16-13(17(24)26)10(4)14(30-16)18(27)28-7-9(2)3/h8-9,11H,6-7H2,1-5H3,(H,21,23,25). The summed E-state index contributed by atoms with van der Waals surface area (Å²) in [4.78, 5) is 43.2. The summed E-state index contributed by atoms with van der Waals surface area (Å²) in [5, 5.41) is 12.1. The van der Waals surface area contributed by atoms with Gasteiger partial charge in [-0.15, -0.1) is 21.5 Å². The first kappa shape index (κ1) is 22.0. The average molecular weight is 450 g/mol. The lowest BCUT2D eigenvalue weighted by atomic mass is 10.2. The number of aryl methyl sites for hydroxylation is 2. The fraction of sp³-hybridized carbons (Fsp3) is 0.474. The average Bonchev–Trinajstić information content (AvgIpc) is 3.30. The maximum atomic E-state index is 13.1. The highest BCUT2D eigenvalue weighted by molar-refractivity contribution is 7.20. The molecule has 1 N–H and O–H groups in total. The molecule has 0 radical (unpaired) electrons. The number of thiophene rings is 1. The van der Waals surface area contributed by atoms with Crippen molar-refractivity contribution in [3.05, 3.63) is 32.1 Å². The fourth-order valence-corrected chi connectivity index (χ4v) is 4.41. The quantitative estimate of drug-likeness (QED) is 0.551. The van der Waals surface area contributed by atoms with E-state index in [1.54, 1.807) is 13.8 Å². The van der Waals surface area contributed by atoms with Crippen molar-refractivity contribution in [2.75, 3.05) is 11.9 Å². The van der Waals surface area contributed by atoms with Gasteiger partial charge in [-0.25, -0.2) is 9.78 Å². The number of esters is 1. The van der Waals surface area contributed by atoms with Gasteiger partial charge in [-0.3, -0.25) is 19.5 Å². The topological polar surface area (TPSA) is 116 Å². The summed E-state index contributed by atoms with van der Waals surface area (Å²) in [7, 11) is 0. The number of amides is 1. The zero-order chi connectivity index (χ0) is 22.0. The van der Waals surface area contributed by atoms with Crippen molar-refractivity contribution < 1.29 is 14.3 Å². The molecule has 0 bridgehead atoms. The van der Waals surface area contributed by atoms with Crippen LogP contribution in [0.1, 0.15) is 54.0 Å². The highest BCUT2D eigenvalue weighted by Gasteiger charge is 2.24. The van der Waals surface area contributed by atoms with Gasteiger partial charge in [0.1, 0.15) is 20.8 Å². The molecule has 30 heavy (non-hydrogen) atoms. The Morgan fingerprint density at radius 2 is 1.97 bits per heavy atom. The van der Waals surface area contributed by atoms with E-state index in [-0.39, 0.29) is 11.5 Å². The number of ether oxygens (including phenoxy) is 1. The Labute approximate surface area is 181 Å². The van der Waals surface area contributed by atoms with Crippen LogP contribution in [0.2, 0.25) is 0 Å². The normalized spacial score (nSPS) is 12.3. The number of rotatable bonds is 7. The fourth-order valence-electron chi connectivity index (χ4n) is 2.70. The second kappa shape index (κ2) is 9.00. The van der Waals surface area contributed by atoms with E-state index in [9.17, 15) is 14.4 Å². The number of carbonyl (C=O) groups is 2. The Balaban J connectivity index is 1.88. The van der Waals surface area contributed by atoms with Gasteiger partial charge >= 0.3 is 5.97 Å². The van der Waals surface area contributed by atoms with Crippen molar-refractivity contribution in [3.8, 4) is 0 Å². The predicted octanol–water partition coefficient (Wildman–Crippen LogP) is 3.19. The van der Waals surface area contributed by atoms with E-state index in [1.165, 1.54) is 22.2 Å². The molecule has 3 heterocycles. The highest BCUT2D eigenvalue weighted by atomic mass is 32.1. The maximum absolute atomic E-state index is 13.1. The van der Waals surface area contributed by atoms with Crippen molar-refractivity contribution in [3.63, 3.8) is 0 Å². The lowest BCUT2D eigenvalue weighted by Crippen LogP contribution is -2.31. The van der Waals surface area contributed by atoms with E-state index >= 15 is 0 Å². The Bertz CT molecular complexity index is 1150. The molecular weight excluding hydrogens is 426 g/mol. The summed E-state index contributed by atoms with van der Waals surface area (Å²) >= 11 is 2.41. The van der Waals surface area contributed by atoms with Gasteiger partial charge < -0.3 is 4.74 Å². The van der Waals surface area contributed by atoms with Gasteiger partial charge in [-0.1, -0.05) is 32.1 Å². The van der Waals surface area contributed by atoms with Gasteiger partial charge in [0, 0.05) is 0 Å². The molecule has 9 nitrogen and oxygen atoms in total.